The highest BCUT2D eigenvalue weighted by Gasteiger charge is 2.17. The molecule has 15 heavy (non-hydrogen) atoms. The van der Waals surface area contributed by atoms with Crippen molar-refractivity contribution >= 4 is 24.3 Å². The largest absolute Gasteiger partial charge is 0.325 e. The number of carbonyl (C=O) groups is 1. The van der Waals surface area contributed by atoms with Crippen LogP contribution in [0.5, 0.6) is 0 Å². The number of hydrogen-bond acceptors (Lipinski definition) is 2. The normalized spacial score (nSPS) is 15.4. The molecule has 0 unspecified atom stereocenters. The fourth-order valence-corrected chi connectivity index (χ4v) is 1.91. The molecule has 2 rings (SSSR count). The lowest BCUT2D eigenvalue weighted by atomic mass is 10.3. The lowest BCUT2D eigenvalue weighted by Crippen LogP contribution is -2.32. The Morgan fingerprint density at radius 1 is 1.27 bits per heavy atom. The summed E-state index contributed by atoms with van der Waals surface area (Å²) in [6.45, 7) is 1.72. The molecule has 1 saturated heterocycles. The summed E-state index contributed by atoms with van der Waals surface area (Å²) in [6.07, 6.45) is 2.21. The molecule has 4 heteroatoms. The van der Waals surface area contributed by atoms with Crippen molar-refractivity contribution in [1.29, 1.82) is 0 Å². The van der Waals surface area contributed by atoms with Gasteiger partial charge in [0.25, 0.3) is 0 Å². The molecule has 1 fully saturated rings. The van der Waals surface area contributed by atoms with Crippen LogP contribution in [-0.4, -0.2) is 24.0 Å². The maximum atomic E-state index is 11.7. The van der Waals surface area contributed by atoms with E-state index in [4.69, 9.17) is 0 Å². The van der Waals surface area contributed by atoms with Crippen LogP contribution in [0.4, 0.5) is 10.5 Å². The molecule has 0 aromatic heterocycles. The van der Waals surface area contributed by atoms with Crippen LogP contribution in [0.15, 0.2) is 29.2 Å². The number of hydrogen-bond donors (Lipinski definition) is 2. The summed E-state index contributed by atoms with van der Waals surface area (Å²) >= 11 is 4.28. The van der Waals surface area contributed by atoms with Crippen LogP contribution in [-0.2, 0) is 0 Å². The number of nitrogens with one attached hydrogen (secondary N) is 1. The van der Waals surface area contributed by atoms with Gasteiger partial charge in [0.05, 0.1) is 5.69 Å². The van der Waals surface area contributed by atoms with Crippen LogP contribution in [0.1, 0.15) is 12.8 Å². The molecule has 0 spiro atoms. The van der Waals surface area contributed by atoms with E-state index < -0.39 is 0 Å². The lowest BCUT2D eigenvalue weighted by Gasteiger charge is -2.16. The van der Waals surface area contributed by atoms with Gasteiger partial charge in [-0.05, 0) is 25.0 Å². The Hall–Kier alpha value is -1.16. The van der Waals surface area contributed by atoms with E-state index >= 15 is 0 Å². The molecule has 0 bridgehead atoms. The van der Waals surface area contributed by atoms with Gasteiger partial charge in [0, 0.05) is 18.0 Å². The number of nitrogens with zero attached hydrogens (tertiary/aromatic N) is 1. The monoisotopic (exact) mass is 222 g/mol. The van der Waals surface area contributed by atoms with Gasteiger partial charge in [-0.15, -0.1) is 12.6 Å². The molecule has 0 saturated carbocycles. The number of urea groups is 1. The highest BCUT2D eigenvalue weighted by Crippen LogP contribution is 2.19. The van der Waals surface area contributed by atoms with Crippen molar-refractivity contribution in [2.75, 3.05) is 18.4 Å². The minimum Gasteiger partial charge on any atom is -0.325 e. The highest BCUT2D eigenvalue weighted by molar-refractivity contribution is 7.80. The van der Waals surface area contributed by atoms with Crippen molar-refractivity contribution in [2.24, 2.45) is 0 Å². The van der Waals surface area contributed by atoms with Crippen LogP contribution in [0, 0.1) is 0 Å². The summed E-state index contributed by atoms with van der Waals surface area (Å²) in [5, 5.41) is 2.86. The van der Waals surface area contributed by atoms with Gasteiger partial charge in [0.1, 0.15) is 0 Å². The first-order valence-corrected chi connectivity index (χ1v) is 5.56. The fourth-order valence-electron chi connectivity index (χ4n) is 1.69. The molecule has 1 N–H and O–H groups in total. The molecule has 1 aliphatic heterocycles. The molecule has 1 aromatic rings. The molecular weight excluding hydrogens is 208 g/mol. The summed E-state index contributed by atoms with van der Waals surface area (Å²) in [5.74, 6) is 0. The summed E-state index contributed by atoms with van der Waals surface area (Å²) < 4.78 is 0. The van der Waals surface area contributed by atoms with E-state index in [1.807, 2.05) is 29.2 Å². The Morgan fingerprint density at radius 3 is 2.60 bits per heavy atom. The third kappa shape index (κ3) is 2.45. The summed E-state index contributed by atoms with van der Waals surface area (Å²) in [6, 6.07) is 7.49. The predicted molar refractivity (Wildman–Crippen MR) is 63.5 cm³/mol. The second-order valence-electron chi connectivity index (χ2n) is 3.64. The number of amides is 2. The highest BCUT2D eigenvalue weighted by atomic mass is 32.1. The van der Waals surface area contributed by atoms with Gasteiger partial charge in [-0.25, -0.2) is 4.79 Å². The standard InChI is InChI=1S/C11H14N2OS/c14-11(13-7-3-4-8-13)12-9-5-1-2-6-10(9)15/h1-2,5-6,15H,3-4,7-8H2,(H,12,14). The third-order valence-corrected chi connectivity index (χ3v) is 2.93. The quantitative estimate of drug-likeness (QED) is 0.703. The smallest absolute Gasteiger partial charge is 0.321 e. The van der Waals surface area contributed by atoms with E-state index in [9.17, 15) is 4.79 Å². The van der Waals surface area contributed by atoms with Gasteiger partial charge < -0.3 is 10.2 Å². The lowest BCUT2D eigenvalue weighted by molar-refractivity contribution is 0.222. The van der Waals surface area contributed by atoms with Crippen molar-refractivity contribution in [3.8, 4) is 0 Å². The molecule has 1 aliphatic rings. The first-order chi connectivity index (χ1) is 7.27. The Morgan fingerprint density at radius 2 is 1.93 bits per heavy atom. The maximum absolute atomic E-state index is 11.7. The zero-order valence-electron chi connectivity index (χ0n) is 8.44. The number of likely N-dealkylation sites (tertiary alicyclic amines) is 1. The Labute approximate surface area is 94.9 Å². The van der Waals surface area contributed by atoms with E-state index in [-0.39, 0.29) is 6.03 Å². The number of thiol groups is 1. The van der Waals surface area contributed by atoms with Gasteiger partial charge in [-0.2, -0.15) is 0 Å². The van der Waals surface area contributed by atoms with Gasteiger partial charge in [0.15, 0.2) is 0 Å². The Kier molecular flexibility index (Phi) is 3.16. The zero-order valence-corrected chi connectivity index (χ0v) is 9.33. The first-order valence-electron chi connectivity index (χ1n) is 5.11. The fraction of sp³-hybridized carbons (Fsp3) is 0.364. The SMILES string of the molecule is O=C(Nc1ccccc1S)N1CCCC1. The van der Waals surface area contributed by atoms with Gasteiger partial charge in [-0.3, -0.25) is 0 Å². The molecule has 1 heterocycles. The van der Waals surface area contributed by atoms with Crippen molar-refractivity contribution in [3.05, 3.63) is 24.3 Å². The van der Waals surface area contributed by atoms with E-state index in [0.717, 1.165) is 36.5 Å². The zero-order chi connectivity index (χ0) is 10.7. The molecule has 0 radical (unpaired) electrons. The van der Waals surface area contributed by atoms with E-state index in [0.29, 0.717) is 0 Å². The average molecular weight is 222 g/mol. The van der Waals surface area contributed by atoms with Crippen molar-refractivity contribution < 1.29 is 4.79 Å². The number of anilines is 1. The summed E-state index contributed by atoms with van der Waals surface area (Å²) in [7, 11) is 0. The molecular formula is C11H14N2OS. The molecule has 2 amide bonds. The minimum atomic E-state index is -0.0194. The first kappa shape index (κ1) is 10.4. The summed E-state index contributed by atoms with van der Waals surface area (Å²) in [5.41, 5.74) is 0.776. The number of rotatable bonds is 1. The third-order valence-electron chi connectivity index (χ3n) is 2.54. The van der Waals surface area contributed by atoms with Gasteiger partial charge in [-0.1, -0.05) is 12.1 Å². The van der Waals surface area contributed by atoms with Crippen molar-refractivity contribution in [1.82, 2.24) is 4.90 Å². The molecule has 1 aromatic carbocycles. The van der Waals surface area contributed by atoms with E-state index in [2.05, 4.69) is 17.9 Å². The van der Waals surface area contributed by atoms with Crippen molar-refractivity contribution in [3.63, 3.8) is 0 Å². The summed E-state index contributed by atoms with van der Waals surface area (Å²) in [4.78, 5) is 14.4. The van der Waals surface area contributed by atoms with Crippen LogP contribution in [0.25, 0.3) is 0 Å². The Bertz CT molecular complexity index is 361. The second kappa shape index (κ2) is 4.57. The topological polar surface area (TPSA) is 32.3 Å². The molecule has 3 nitrogen and oxygen atoms in total. The maximum Gasteiger partial charge on any atom is 0.321 e. The van der Waals surface area contributed by atoms with Crippen LogP contribution < -0.4 is 5.32 Å². The number of benzene rings is 1. The molecule has 0 aliphatic carbocycles. The van der Waals surface area contributed by atoms with Crippen molar-refractivity contribution in [2.45, 2.75) is 17.7 Å². The second-order valence-corrected chi connectivity index (χ2v) is 4.12. The van der Waals surface area contributed by atoms with Crippen LogP contribution >= 0.6 is 12.6 Å². The van der Waals surface area contributed by atoms with Crippen LogP contribution in [0.2, 0.25) is 0 Å². The predicted octanol–water partition coefficient (Wildman–Crippen LogP) is 2.60. The molecule has 0 atom stereocenters. The number of para-hydroxylation sites is 1. The molecule has 80 valence electrons. The van der Waals surface area contributed by atoms with Crippen LogP contribution in [0.3, 0.4) is 0 Å². The van der Waals surface area contributed by atoms with E-state index in [1.165, 1.54) is 0 Å². The van der Waals surface area contributed by atoms with Gasteiger partial charge >= 0.3 is 6.03 Å². The van der Waals surface area contributed by atoms with Gasteiger partial charge in [0.2, 0.25) is 0 Å². The number of carbonyl (C=O) groups excluding carboxylic acids is 1. The Balaban J connectivity index is 2.02. The van der Waals surface area contributed by atoms with E-state index in [1.54, 1.807) is 0 Å². The minimum absolute atomic E-state index is 0.0194. The average Bonchev–Trinajstić information content (AvgIpc) is 2.74.